The van der Waals surface area contributed by atoms with Gasteiger partial charge in [0.2, 0.25) is 0 Å². The summed E-state index contributed by atoms with van der Waals surface area (Å²) in [5.41, 5.74) is 3.42. The second-order valence-corrected chi connectivity index (χ2v) is 5.60. The Labute approximate surface area is 167 Å². The summed E-state index contributed by atoms with van der Waals surface area (Å²) in [5.74, 6) is 1.74. The largest absolute Gasteiger partial charge is 0.494 e. The molecule has 0 saturated carbocycles. The van der Waals surface area contributed by atoms with Gasteiger partial charge in [-0.15, -0.1) is 24.0 Å². The Morgan fingerprint density at radius 2 is 1.96 bits per heavy atom. The van der Waals surface area contributed by atoms with Gasteiger partial charge in [-0.05, 0) is 43.2 Å². The lowest BCUT2D eigenvalue weighted by Gasteiger charge is -2.22. The number of halogens is 1. The molecule has 0 aliphatic carbocycles. The third kappa shape index (κ3) is 6.53. The molecule has 1 aromatic carbocycles. The number of ether oxygens (including phenoxy) is 1. The van der Waals surface area contributed by atoms with E-state index in [-0.39, 0.29) is 24.0 Å². The lowest BCUT2D eigenvalue weighted by atomic mass is 10.2. The number of nitrogens with zero attached hydrogens (tertiary/aromatic N) is 3. The highest BCUT2D eigenvalue weighted by molar-refractivity contribution is 14.0. The number of pyridine rings is 1. The monoisotopic (exact) mass is 454 g/mol. The van der Waals surface area contributed by atoms with Gasteiger partial charge in [-0.3, -0.25) is 9.98 Å². The van der Waals surface area contributed by atoms with Crippen molar-refractivity contribution >= 4 is 29.9 Å². The molecule has 0 unspecified atom stereocenters. The van der Waals surface area contributed by atoms with E-state index < -0.39 is 0 Å². The number of aromatic nitrogens is 1. The Morgan fingerprint density at radius 1 is 1.24 bits per heavy atom. The fourth-order valence-corrected chi connectivity index (χ4v) is 2.46. The fraction of sp³-hybridized carbons (Fsp3) is 0.368. The second-order valence-electron chi connectivity index (χ2n) is 5.60. The van der Waals surface area contributed by atoms with Crippen LogP contribution < -0.4 is 10.1 Å². The van der Waals surface area contributed by atoms with Crippen molar-refractivity contribution in [1.29, 1.82) is 0 Å². The maximum Gasteiger partial charge on any atom is 0.194 e. The third-order valence-electron chi connectivity index (χ3n) is 3.76. The first-order valence-electron chi connectivity index (χ1n) is 8.18. The SMILES string of the molecule is CCOc1ccc(CN(C)C(=NC)NCc2ncccc2C)cc1.I. The molecule has 0 radical (unpaired) electrons. The van der Waals surface area contributed by atoms with Crippen LogP contribution in [0.3, 0.4) is 0 Å². The van der Waals surface area contributed by atoms with Gasteiger partial charge in [-0.2, -0.15) is 0 Å². The van der Waals surface area contributed by atoms with Crippen molar-refractivity contribution in [3.8, 4) is 5.75 Å². The molecule has 0 fully saturated rings. The molecule has 25 heavy (non-hydrogen) atoms. The lowest BCUT2D eigenvalue weighted by molar-refractivity contribution is 0.340. The van der Waals surface area contributed by atoms with Crippen LogP contribution in [-0.4, -0.2) is 36.5 Å². The molecule has 1 N–H and O–H groups in total. The number of aliphatic imine (C=N–C) groups is 1. The molecule has 6 heteroatoms. The van der Waals surface area contributed by atoms with Crippen molar-refractivity contribution in [1.82, 2.24) is 15.2 Å². The fourth-order valence-electron chi connectivity index (χ4n) is 2.46. The van der Waals surface area contributed by atoms with Gasteiger partial charge in [0.1, 0.15) is 5.75 Å². The lowest BCUT2D eigenvalue weighted by Crippen LogP contribution is -2.38. The van der Waals surface area contributed by atoms with E-state index in [4.69, 9.17) is 4.74 Å². The van der Waals surface area contributed by atoms with Crippen LogP contribution in [0.4, 0.5) is 0 Å². The van der Waals surface area contributed by atoms with Crippen LogP contribution >= 0.6 is 24.0 Å². The van der Waals surface area contributed by atoms with E-state index in [2.05, 4.69) is 45.3 Å². The van der Waals surface area contributed by atoms with E-state index >= 15 is 0 Å². The Balaban J connectivity index is 0.00000312. The summed E-state index contributed by atoms with van der Waals surface area (Å²) >= 11 is 0. The highest BCUT2D eigenvalue weighted by Crippen LogP contribution is 2.13. The molecule has 0 aliphatic rings. The molecule has 2 rings (SSSR count). The molecular weight excluding hydrogens is 427 g/mol. The van der Waals surface area contributed by atoms with E-state index in [1.807, 2.05) is 38.4 Å². The zero-order valence-electron chi connectivity index (χ0n) is 15.3. The normalized spacial score (nSPS) is 10.8. The molecule has 0 atom stereocenters. The molecule has 0 bridgehead atoms. The third-order valence-corrected chi connectivity index (χ3v) is 3.76. The van der Waals surface area contributed by atoms with Gasteiger partial charge in [-0.1, -0.05) is 18.2 Å². The minimum atomic E-state index is 0. The number of hydrogen-bond acceptors (Lipinski definition) is 3. The van der Waals surface area contributed by atoms with Crippen molar-refractivity contribution in [2.75, 3.05) is 20.7 Å². The number of guanidine groups is 1. The topological polar surface area (TPSA) is 49.8 Å². The van der Waals surface area contributed by atoms with E-state index in [9.17, 15) is 0 Å². The number of benzene rings is 1. The molecule has 0 spiro atoms. The standard InChI is InChI=1S/C19H26N4O.HI/c1-5-24-17-10-8-16(9-11-17)14-23(4)19(20-3)22-13-18-15(2)7-6-12-21-18;/h6-12H,5,13-14H2,1-4H3,(H,20,22);1H. The Bertz CT molecular complexity index is 673. The first-order chi connectivity index (χ1) is 11.6. The summed E-state index contributed by atoms with van der Waals surface area (Å²) in [6.07, 6.45) is 1.82. The molecule has 0 aliphatic heterocycles. The number of rotatable bonds is 6. The summed E-state index contributed by atoms with van der Waals surface area (Å²) in [6.45, 7) is 6.17. The van der Waals surface area contributed by atoms with Crippen molar-refractivity contribution in [3.63, 3.8) is 0 Å². The van der Waals surface area contributed by atoms with Crippen molar-refractivity contribution in [3.05, 3.63) is 59.4 Å². The minimum absolute atomic E-state index is 0. The second kappa shape index (κ2) is 10.9. The van der Waals surface area contributed by atoms with Crippen LogP contribution in [0.25, 0.3) is 0 Å². The quantitative estimate of drug-likeness (QED) is 0.412. The maximum absolute atomic E-state index is 5.48. The number of aryl methyl sites for hydroxylation is 1. The molecule has 136 valence electrons. The first-order valence-corrected chi connectivity index (χ1v) is 8.18. The highest BCUT2D eigenvalue weighted by Gasteiger charge is 2.08. The van der Waals surface area contributed by atoms with Gasteiger partial charge < -0.3 is 15.0 Å². The number of nitrogens with one attached hydrogen (secondary N) is 1. The molecule has 2 aromatic rings. The summed E-state index contributed by atoms with van der Waals surface area (Å²) < 4.78 is 5.48. The van der Waals surface area contributed by atoms with Crippen LogP contribution in [0.1, 0.15) is 23.7 Å². The van der Waals surface area contributed by atoms with Crippen LogP contribution in [0.15, 0.2) is 47.6 Å². The smallest absolute Gasteiger partial charge is 0.194 e. The van der Waals surface area contributed by atoms with Gasteiger partial charge in [0.05, 0.1) is 18.8 Å². The van der Waals surface area contributed by atoms with Crippen LogP contribution in [0, 0.1) is 6.92 Å². The average molecular weight is 454 g/mol. The van der Waals surface area contributed by atoms with Crippen LogP contribution in [0.2, 0.25) is 0 Å². The summed E-state index contributed by atoms with van der Waals surface area (Å²) in [7, 11) is 3.82. The summed E-state index contributed by atoms with van der Waals surface area (Å²) in [4.78, 5) is 10.9. The number of hydrogen-bond donors (Lipinski definition) is 1. The molecular formula is C19H27IN4O. The summed E-state index contributed by atoms with van der Waals surface area (Å²) in [6, 6.07) is 12.2. The van der Waals surface area contributed by atoms with E-state index in [0.29, 0.717) is 13.2 Å². The predicted octanol–water partition coefficient (Wildman–Crippen LogP) is 3.61. The van der Waals surface area contributed by atoms with Crippen molar-refractivity contribution in [2.24, 2.45) is 4.99 Å². The molecule has 1 heterocycles. The van der Waals surface area contributed by atoms with Crippen molar-refractivity contribution < 1.29 is 4.74 Å². The Hall–Kier alpha value is -1.83. The minimum Gasteiger partial charge on any atom is -0.494 e. The van der Waals surface area contributed by atoms with Gasteiger partial charge >= 0.3 is 0 Å². The van der Waals surface area contributed by atoms with Crippen LogP contribution in [-0.2, 0) is 13.1 Å². The zero-order valence-corrected chi connectivity index (χ0v) is 17.7. The average Bonchev–Trinajstić information content (AvgIpc) is 2.59. The predicted molar refractivity (Wildman–Crippen MR) is 114 cm³/mol. The van der Waals surface area contributed by atoms with E-state index in [1.54, 1.807) is 7.05 Å². The van der Waals surface area contributed by atoms with Gasteiger partial charge in [0, 0.05) is 26.8 Å². The maximum atomic E-state index is 5.48. The van der Waals surface area contributed by atoms with Gasteiger partial charge in [0.15, 0.2) is 5.96 Å². The Morgan fingerprint density at radius 3 is 2.56 bits per heavy atom. The molecule has 0 saturated heterocycles. The van der Waals surface area contributed by atoms with E-state index in [0.717, 1.165) is 23.9 Å². The van der Waals surface area contributed by atoms with Crippen molar-refractivity contribution in [2.45, 2.75) is 26.9 Å². The Kier molecular flexibility index (Phi) is 9.26. The zero-order chi connectivity index (χ0) is 17.4. The molecule has 5 nitrogen and oxygen atoms in total. The first kappa shape index (κ1) is 21.2. The molecule has 0 amide bonds. The van der Waals surface area contributed by atoms with Gasteiger partial charge in [0.25, 0.3) is 0 Å². The van der Waals surface area contributed by atoms with E-state index in [1.165, 1.54) is 11.1 Å². The van der Waals surface area contributed by atoms with Gasteiger partial charge in [-0.25, -0.2) is 0 Å². The van der Waals surface area contributed by atoms with Crippen LogP contribution in [0.5, 0.6) is 5.75 Å². The molecule has 1 aromatic heterocycles. The summed E-state index contributed by atoms with van der Waals surface area (Å²) in [5, 5.41) is 3.37. The highest BCUT2D eigenvalue weighted by atomic mass is 127.